The van der Waals surface area contributed by atoms with Gasteiger partial charge in [0.25, 0.3) is 0 Å². The fourth-order valence-corrected chi connectivity index (χ4v) is 2.79. The smallest absolute Gasteiger partial charge is 0.303 e. The van der Waals surface area contributed by atoms with Gasteiger partial charge in [-0.05, 0) is 19.3 Å². The molecule has 1 N–H and O–H groups in total. The van der Waals surface area contributed by atoms with Crippen LogP contribution in [0.15, 0.2) is 0 Å². The Morgan fingerprint density at radius 3 is 1.90 bits per heavy atom. The summed E-state index contributed by atoms with van der Waals surface area (Å²) in [5.74, 6) is -0.668. The van der Waals surface area contributed by atoms with E-state index in [0.29, 0.717) is 18.6 Å². The van der Waals surface area contributed by atoms with Gasteiger partial charge in [-0.3, -0.25) is 4.79 Å². The van der Waals surface area contributed by atoms with Gasteiger partial charge in [-0.25, -0.2) is 0 Å². The summed E-state index contributed by atoms with van der Waals surface area (Å²) in [6, 6.07) is 0. The van der Waals surface area contributed by atoms with Gasteiger partial charge in [0.05, 0.1) is 12.2 Å². The summed E-state index contributed by atoms with van der Waals surface area (Å²) in [5.41, 5.74) is 0. The lowest BCUT2D eigenvalue weighted by molar-refractivity contribution is -0.137. The Labute approximate surface area is 124 Å². The largest absolute Gasteiger partial charge is 0.481 e. The number of ether oxygens (including phenoxy) is 1. The molecule has 1 saturated heterocycles. The van der Waals surface area contributed by atoms with Crippen LogP contribution in [0.2, 0.25) is 0 Å². The molecule has 1 heterocycles. The van der Waals surface area contributed by atoms with Gasteiger partial charge < -0.3 is 9.84 Å². The lowest BCUT2D eigenvalue weighted by Gasteiger charge is -2.00. The zero-order valence-corrected chi connectivity index (χ0v) is 13.1. The van der Waals surface area contributed by atoms with Crippen LogP contribution < -0.4 is 0 Å². The Morgan fingerprint density at radius 2 is 1.35 bits per heavy atom. The molecule has 0 aromatic carbocycles. The van der Waals surface area contributed by atoms with Gasteiger partial charge in [-0.1, -0.05) is 64.7 Å². The fourth-order valence-electron chi connectivity index (χ4n) is 2.79. The number of carbonyl (C=O) groups is 1. The van der Waals surface area contributed by atoms with Crippen molar-refractivity contribution in [2.24, 2.45) is 0 Å². The molecule has 2 unspecified atom stereocenters. The molecule has 0 amide bonds. The van der Waals surface area contributed by atoms with Gasteiger partial charge in [0.1, 0.15) is 0 Å². The normalized spacial score (nSPS) is 21.1. The summed E-state index contributed by atoms with van der Waals surface area (Å²) >= 11 is 0. The fraction of sp³-hybridized carbons (Fsp3) is 0.941. The average Bonchev–Trinajstić information content (AvgIpc) is 3.15. The van der Waals surface area contributed by atoms with Gasteiger partial charge in [0.15, 0.2) is 0 Å². The van der Waals surface area contributed by atoms with Crippen molar-refractivity contribution in [2.75, 3.05) is 0 Å². The van der Waals surface area contributed by atoms with Crippen LogP contribution >= 0.6 is 0 Å². The summed E-state index contributed by atoms with van der Waals surface area (Å²) in [5, 5.41) is 8.53. The maximum absolute atomic E-state index is 10.3. The summed E-state index contributed by atoms with van der Waals surface area (Å²) in [6.07, 6.45) is 16.2. The molecule has 0 spiro atoms. The van der Waals surface area contributed by atoms with Gasteiger partial charge in [-0.2, -0.15) is 0 Å². The number of hydrogen-bond donors (Lipinski definition) is 1. The first kappa shape index (κ1) is 17.5. The van der Waals surface area contributed by atoms with Crippen molar-refractivity contribution in [1.82, 2.24) is 0 Å². The van der Waals surface area contributed by atoms with Crippen molar-refractivity contribution >= 4 is 5.97 Å². The van der Waals surface area contributed by atoms with Crippen LogP contribution in [0.25, 0.3) is 0 Å². The van der Waals surface area contributed by atoms with Crippen molar-refractivity contribution < 1.29 is 14.6 Å². The molecule has 20 heavy (non-hydrogen) atoms. The molecular weight excluding hydrogens is 252 g/mol. The number of carboxylic acid groups (broad SMARTS) is 1. The molecule has 3 nitrogen and oxygen atoms in total. The Bertz CT molecular complexity index is 253. The van der Waals surface area contributed by atoms with E-state index in [1.165, 1.54) is 64.2 Å². The summed E-state index contributed by atoms with van der Waals surface area (Å²) < 4.78 is 5.70. The molecule has 3 heteroatoms. The number of aliphatic carboxylic acids is 1. The summed E-state index contributed by atoms with van der Waals surface area (Å²) in [6.45, 7) is 2.25. The minimum atomic E-state index is -0.668. The third-order valence-corrected chi connectivity index (χ3v) is 4.16. The predicted octanol–water partition coefficient (Wildman–Crippen LogP) is 4.93. The third kappa shape index (κ3) is 9.35. The minimum absolute atomic E-state index is 0.325. The lowest BCUT2D eigenvalue weighted by Crippen LogP contribution is -1.95. The Hall–Kier alpha value is -0.570. The van der Waals surface area contributed by atoms with Crippen molar-refractivity contribution in [3.05, 3.63) is 0 Å². The first-order valence-electron chi connectivity index (χ1n) is 8.61. The van der Waals surface area contributed by atoms with E-state index in [-0.39, 0.29) is 0 Å². The topological polar surface area (TPSA) is 49.8 Å². The molecule has 118 valence electrons. The molecule has 0 radical (unpaired) electrons. The van der Waals surface area contributed by atoms with Crippen molar-refractivity contribution in [1.29, 1.82) is 0 Å². The Morgan fingerprint density at radius 1 is 0.850 bits per heavy atom. The highest BCUT2D eigenvalue weighted by molar-refractivity contribution is 5.66. The van der Waals surface area contributed by atoms with Crippen LogP contribution in [0, 0.1) is 0 Å². The van der Waals surface area contributed by atoms with E-state index < -0.39 is 5.97 Å². The van der Waals surface area contributed by atoms with E-state index in [4.69, 9.17) is 9.84 Å². The zero-order valence-electron chi connectivity index (χ0n) is 13.1. The first-order chi connectivity index (χ1) is 9.74. The van der Waals surface area contributed by atoms with Crippen molar-refractivity contribution in [3.63, 3.8) is 0 Å². The van der Waals surface area contributed by atoms with Gasteiger partial charge >= 0.3 is 5.97 Å². The minimum Gasteiger partial charge on any atom is -0.481 e. The zero-order chi connectivity index (χ0) is 14.6. The predicted molar refractivity (Wildman–Crippen MR) is 82.0 cm³/mol. The quantitative estimate of drug-likeness (QED) is 0.363. The van der Waals surface area contributed by atoms with Crippen LogP contribution in [0.3, 0.4) is 0 Å². The van der Waals surface area contributed by atoms with Crippen LogP contribution in [0.4, 0.5) is 0 Å². The maximum Gasteiger partial charge on any atom is 0.303 e. The molecule has 2 atom stereocenters. The second-order valence-electron chi connectivity index (χ2n) is 6.12. The molecule has 0 aromatic heterocycles. The average molecular weight is 284 g/mol. The van der Waals surface area contributed by atoms with Crippen LogP contribution in [0.1, 0.15) is 90.4 Å². The number of carboxylic acids is 1. The van der Waals surface area contributed by atoms with Gasteiger partial charge in [0, 0.05) is 6.42 Å². The Kier molecular flexibility index (Phi) is 9.73. The number of hydrogen-bond acceptors (Lipinski definition) is 2. The van der Waals surface area contributed by atoms with Crippen LogP contribution in [-0.4, -0.2) is 23.3 Å². The highest BCUT2D eigenvalue weighted by Gasteiger charge is 2.36. The SMILES string of the molecule is CCCCCCCC1OC1CCCCCCCC(=O)O. The lowest BCUT2D eigenvalue weighted by atomic mass is 10.0. The van der Waals surface area contributed by atoms with E-state index in [1.54, 1.807) is 0 Å². The maximum atomic E-state index is 10.3. The standard InChI is InChI=1S/C17H32O3/c1-2-3-4-6-9-12-15-16(20-15)13-10-7-5-8-11-14-17(18)19/h15-16H,2-14H2,1H3,(H,18,19). The highest BCUT2D eigenvalue weighted by Crippen LogP contribution is 2.31. The Balaban J connectivity index is 1.77. The van der Waals surface area contributed by atoms with Crippen LogP contribution in [-0.2, 0) is 9.53 Å². The molecular formula is C17H32O3. The number of epoxide rings is 1. The molecule has 1 fully saturated rings. The molecule has 1 rings (SSSR count). The van der Waals surface area contributed by atoms with Crippen molar-refractivity contribution in [2.45, 2.75) is 103 Å². The summed E-state index contributed by atoms with van der Waals surface area (Å²) in [4.78, 5) is 10.3. The van der Waals surface area contributed by atoms with E-state index >= 15 is 0 Å². The van der Waals surface area contributed by atoms with Gasteiger partial charge in [0.2, 0.25) is 0 Å². The summed E-state index contributed by atoms with van der Waals surface area (Å²) in [7, 11) is 0. The van der Waals surface area contributed by atoms with Gasteiger partial charge in [-0.15, -0.1) is 0 Å². The van der Waals surface area contributed by atoms with E-state index in [9.17, 15) is 4.79 Å². The molecule has 0 aliphatic carbocycles. The first-order valence-corrected chi connectivity index (χ1v) is 8.61. The monoisotopic (exact) mass is 284 g/mol. The highest BCUT2D eigenvalue weighted by atomic mass is 16.6. The third-order valence-electron chi connectivity index (χ3n) is 4.16. The number of unbranched alkanes of at least 4 members (excludes halogenated alkanes) is 8. The number of rotatable bonds is 14. The van der Waals surface area contributed by atoms with E-state index in [2.05, 4.69) is 6.92 Å². The molecule has 1 aliphatic heterocycles. The van der Waals surface area contributed by atoms with E-state index in [0.717, 1.165) is 12.8 Å². The molecule has 0 bridgehead atoms. The van der Waals surface area contributed by atoms with Crippen LogP contribution in [0.5, 0.6) is 0 Å². The molecule has 0 aromatic rings. The molecule has 1 aliphatic rings. The van der Waals surface area contributed by atoms with E-state index in [1.807, 2.05) is 0 Å². The second-order valence-corrected chi connectivity index (χ2v) is 6.12. The van der Waals surface area contributed by atoms with Crippen molar-refractivity contribution in [3.8, 4) is 0 Å². The molecule has 0 saturated carbocycles. The second kappa shape index (κ2) is 11.1.